The van der Waals surface area contributed by atoms with Gasteiger partial charge in [-0.2, -0.15) is 0 Å². The number of likely N-dealkylation sites (tertiary alicyclic amines) is 1. The minimum Gasteiger partial charge on any atom is -0.340 e. The molecule has 1 amide bonds. The minimum atomic E-state index is 0.00977. The lowest BCUT2D eigenvalue weighted by atomic mass is 9.99. The van der Waals surface area contributed by atoms with Crippen molar-refractivity contribution in [3.05, 3.63) is 35.4 Å². The molecule has 0 spiro atoms. The average molecular weight is 290 g/mol. The van der Waals surface area contributed by atoms with Crippen molar-refractivity contribution in [2.45, 2.75) is 30.6 Å². The SMILES string of the molecule is CNC1CCCN(C(=O)C2SCCc3ccccc32)C1. The van der Waals surface area contributed by atoms with Crippen molar-refractivity contribution in [2.75, 3.05) is 25.9 Å². The van der Waals surface area contributed by atoms with Crippen LogP contribution in [0.25, 0.3) is 0 Å². The molecule has 1 saturated heterocycles. The van der Waals surface area contributed by atoms with Crippen molar-refractivity contribution in [3.8, 4) is 0 Å². The fourth-order valence-corrected chi connectivity index (χ4v) is 4.45. The van der Waals surface area contributed by atoms with Gasteiger partial charge in [0.1, 0.15) is 5.25 Å². The van der Waals surface area contributed by atoms with Crippen molar-refractivity contribution < 1.29 is 4.79 Å². The van der Waals surface area contributed by atoms with E-state index in [0.29, 0.717) is 11.9 Å². The maximum atomic E-state index is 12.9. The summed E-state index contributed by atoms with van der Waals surface area (Å²) in [6.07, 6.45) is 3.37. The van der Waals surface area contributed by atoms with Gasteiger partial charge in [-0.3, -0.25) is 4.79 Å². The Morgan fingerprint density at radius 2 is 2.25 bits per heavy atom. The molecule has 3 rings (SSSR count). The quantitative estimate of drug-likeness (QED) is 0.906. The molecule has 0 saturated carbocycles. The van der Waals surface area contributed by atoms with E-state index >= 15 is 0 Å². The lowest BCUT2D eigenvalue weighted by molar-refractivity contribution is -0.132. The summed E-state index contributed by atoms with van der Waals surface area (Å²) in [5.74, 6) is 1.36. The molecule has 2 atom stereocenters. The Hall–Kier alpha value is -1.00. The Morgan fingerprint density at radius 3 is 3.10 bits per heavy atom. The highest BCUT2D eigenvalue weighted by Crippen LogP contribution is 2.38. The van der Waals surface area contributed by atoms with Crippen LogP contribution in [0.15, 0.2) is 24.3 Å². The van der Waals surface area contributed by atoms with Gasteiger partial charge in [0.2, 0.25) is 5.91 Å². The van der Waals surface area contributed by atoms with E-state index < -0.39 is 0 Å². The molecular formula is C16H22N2OS. The first-order chi connectivity index (χ1) is 9.79. The van der Waals surface area contributed by atoms with Gasteiger partial charge in [-0.15, -0.1) is 11.8 Å². The largest absolute Gasteiger partial charge is 0.340 e. The highest BCUT2D eigenvalue weighted by Gasteiger charge is 2.32. The molecule has 0 aromatic heterocycles. The van der Waals surface area contributed by atoms with Crippen LogP contribution in [0.4, 0.5) is 0 Å². The van der Waals surface area contributed by atoms with Crippen LogP contribution in [-0.4, -0.2) is 42.7 Å². The second-order valence-electron chi connectivity index (χ2n) is 5.61. The van der Waals surface area contributed by atoms with Crippen molar-refractivity contribution in [2.24, 2.45) is 0 Å². The Labute approximate surface area is 125 Å². The first kappa shape index (κ1) is 14.0. The van der Waals surface area contributed by atoms with Gasteiger partial charge in [0.15, 0.2) is 0 Å². The Kier molecular flexibility index (Phi) is 4.32. The number of aryl methyl sites for hydroxylation is 1. The number of rotatable bonds is 2. The Bertz CT molecular complexity index is 491. The minimum absolute atomic E-state index is 0.00977. The second-order valence-corrected chi connectivity index (χ2v) is 6.82. The molecule has 0 radical (unpaired) electrons. The van der Waals surface area contributed by atoms with Gasteiger partial charge in [-0.05, 0) is 43.2 Å². The molecular weight excluding hydrogens is 268 g/mol. The van der Waals surface area contributed by atoms with Gasteiger partial charge >= 0.3 is 0 Å². The van der Waals surface area contributed by atoms with Crippen LogP contribution in [0, 0.1) is 0 Å². The van der Waals surface area contributed by atoms with E-state index in [4.69, 9.17) is 0 Å². The summed E-state index contributed by atoms with van der Waals surface area (Å²) in [5.41, 5.74) is 2.59. The summed E-state index contributed by atoms with van der Waals surface area (Å²) in [6.45, 7) is 1.77. The summed E-state index contributed by atoms with van der Waals surface area (Å²) >= 11 is 1.80. The first-order valence-electron chi connectivity index (χ1n) is 7.45. The molecule has 108 valence electrons. The standard InChI is InChI=1S/C16H22N2OS/c1-17-13-6-4-9-18(11-13)16(19)15-14-7-3-2-5-12(14)8-10-20-15/h2-3,5,7,13,15,17H,4,6,8-11H2,1H3. The maximum Gasteiger partial charge on any atom is 0.240 e. The van der Waals surface area contributed by atoms with E-state index in [9.17, 15) is 4.79 Å². The van der Waals surface area contributed by atoms with E-state index in [1.807, 2.05) is 7.05 Å². The van der Waals surface area contributed by atoms with Crippen LogP contribution in [-0.2, 0) is 11.2 Å². The molecule has 20 heavy (non-hydrogen) atoms. The molecule has 4 heteroatoms. The van der Waals surface area contributed by atoms with Crippen LogP contribution < -0.4 is 5.32 Å². The number of benzene rings is 1. The summed E-state index contributed by atoms with van der Waals surface area (Å²) in [5, 5.41) is 3.32. The topological polar surface area (TPSA) is 32.3 Å². The zero-order valence-corrected chi connectivity index (χ0v) is 12.8. The Morgan fingerprint density at radius 1 is 1.40 bits per heavy atom. The first-order valence-corrected chi connectivity index (χ1v) is 8.50. The van der Waals surface area contributed by atoms with Gasteiger partial charge < -0.3 is 10.2 Å². The van der Waals surface area contributed by atoms with Gasteiger partial charge in [-0.25, -0.2) is 0 Å². The molecule has 3 nitrogen and oxygen atoms in total. The molecule has 2 aliphatic heterocycles. The fourth-order valence-electron chi connectivity index (χ4n) is 3.18. The van der Waals surface area contributed by atoms with Crippen molar-refractivity contribution in [3.63, 3.8) is 0 Å². The maximum absolute atomic E-state index is 12.9. The van der Waals surface area contributed by atoms with E-state index in [1.54, 1.807) is 11.8 Å². The number of nitrogens with zero attached hydrogens (tertiary/aromatic N) is 1. The van der Waals surface area contributed by atoms with Gasteiger partial charge in [0.05, 0.1) is 0 Å². The Balaban J connectivity index is 1.78. The number of piperidine rings is 1. The molecule has 1 fully saturated rings. The summed E-state index contributed by atoms with van der Waals surface area (Å²) < 4.78 is 0. The summed E-state index contributed by atoms with van der Waals surface area (Å²) in [6, 6.07) is 8.88. The van der Waals surface area contributed by atoms with Gasteiger partial charge in [0, 0.05) is 19.1 Å². The van der Waals surface area contributed by atoms with Gasteiger partial charge in [0.25, 0.3) is 0 Å². The van der Waals surface area contributed by atoms with Crippen molar-refractivity contribution in [1.29, 1.82) is 0 Å². The number of nitrogens with one attached hydrogen (secondary N) is 1. The van der Waals surface area contributed by atoms with Crippen LogP contribution in [0.1, 0.15) is 29.2 Å². The average Bonchev–Trinajstić information content (AvgIpc) is 2.53. The molecule has 2 aliphatic rings. The number of hydrogen-bond donors (Lipinski definition) is 1. The lowest BCUT2D eigenvalue weighted by Crippen LogP contribution is -2.48. The lowest BCUT2D eigenvalue weighted by Gasteiger charge is -2.36. The number of carbonyl (C=O) groups excluding carboxylic acids is 1. The predicted molar refractivity (Wildman–Crippen MR) is 84.0 cm³/mol. The van der Waals surface area contributed by atoms with Crippen LogP contribution in [0.3, 0.4) is 0 Å². The normalized spacial score (nSPS) is 26.1. The molecule has 0 aliphatic carbocycles. The smallest absolute Gasteiger partial charge is 0.240 e. The fraction of sp³-hybridized carbons (Fsp3) is 0.562. The predicted octanol–water partition coefficient (Wildman–Crippen LogP) is 2.23. The third-order valence-electron chi connectivity index (χ3n) is 4.36. The number of thioether (sulfide) groups is 1. The molecule has 1 N–H and O–H groups in total. The number of fused-ring (bicyclic) bond motifs is 1. The zero-order chi connectivity index (χ0) is 13.9. The van der Waals surface area contributed by atoms with E-state index in [-0.39, 0.29) is 5.25 Å². The molecule has 0 bridgehead atoms. The third-order valence-corrected chi connectivity index (χ3v) is 5.59. The zero-order valence-electron chi connectivity index (χ0n) is 12.0. The van der Waals surface area contributed by atoms with Crippen molar-refractivity contribution >= 4 is 17.7 Å². The molecule has 1 aromatic carbocycles. The molecule has 1 aromatic rings. The molecule has 2 heterocycles. The second kappa shape index (κ2) is 6.19. The van der Waals surface area contributed by atoms with Gasteiger partial charge in [-0.1, -0.05) is 24.3 Å². The van der Waals surface area contributed by atoms with Crippen LogP contribution in [0.5, 0.6) is 0 Å². The number of amides is 1. The monoisotopic (exact) mass is 290 g/mol. The summed E-state index contributed by atoms with van der Waals surface area (Å²) in [7, 11) is 1.99. The van der Waals surface area contributed by atoms with Crippen LogP contribution >= 0.6 is 11.8 Å². The highest BCUT2D eigenvalue weighted by atomic mass is 32.2. The van der Waals surface area contributed by atoms with E-state index in [2.05, 4.69) is 34.5 Å². The third kappa shape index (κ3) is 2.72. The van der Waals surface area contributed by atoms with E-state index in [1.165, 1.54) is 17.5 Å². The number of likely N-dealkylation sites (N-methyl/N-ethyl adjacent to an activating group) is 1. The highest BCUT2D eigenvalue weighted by molar-refractivity contribution is 8.00. The summed E-state index contributed by atoms with van der Waals surface area (Å²) in [4.78, 5) is 14.9. The van der Waals surface area contributed by atoms with Crippen LogP contribution in [0.2, 0.25) is 0 Å². The van der Waals surface area contributed by atoms with E-state index in [0.717, 1.165) is 31.7 Å². The van der Waals surface area contributed by atoms with Crippen molar-refractivity contribution in [1.82, 2.24) is 10.2 Å². The number of hydrogen-bond acceptors (Lipinski definition) is 3. The number of carbonyl (C=O) groups is 1. The molecule has 2 unspecified atom stereocenters.